The summed E-state index contributed by atoms with van der Waals surface area (Å²) in [7, 11) is 0. The first-order valence-electron chi connectivity index (χ1n) is 10.7. The summed E-state index contributed by atoms with van der Waals surface area (Å²) in [5, 5.41) is 2.97. The van der Waals surface area contributed by atoms with E-state index in [1.165, 1.54) is 64.2 Å². The molecule has 26 heavy (non-hydrogen) atoms. The highest BCUT2D eigenvalue weighted by Gasteiger charge is 2.01. The molecule has 0 saturated heterocycles. The van der Waals surface area contributed by atoms with Gasteiger partial charge in [0, 0.05) is 31.3 Å². The van der Waals surface area contributed by atoms with Crippen LogP contribution in [0.25, 0.3) is 0 Å². The van der Waals surface area contributed by atoms with Crippen LogP contribution >= 0.6 is 0 Å². The number of carbonyl (C=O) groups is 1. The fourth-order valence-electron chi connectivity index (χ4n) is 3.03. The standard InChI is InChI=1S/C22H39N3O/c1-2-3-4-5-6-7-8-9-10-11-12-13-14-15-16-22(26)24-18-17-21-19-23-20-25-21/h8-9,19-20H,2-7,10-18H2,1H3,(H,23,25)(H,24,26)/b9-8-. The summed E-state index contributed by atoms with van der Waals surface area (Å²) in [5.74, 6) is 0.173. The van der Waals surface area contributed by atoms with Crippen LogP contribution in [0.1, 0.15) is 96.1 Å². The monoisotopic (exact) mass is 361 g/mol. The first kappa shape index (κ1) is 22.5. The first-order chi connectivity index (χ1) is 12.8. The lowest BCUT2D eigenvalue weighted by atomic mass is 10.1. The van der Waals surface area contributed by atoms with Crippen LogP contribution in [-0.4, -0.2) is 22.4 Å². The number of hydrogen-bond acceptors (Lipinski definition) is 2. The minimum Gasteiger partial charge on any atom is -0.356 e. The summed E-state index contributed by atoms with van der Waals surface area (Å²) < 4.78 is 0. The lowest BCUT2D eigenvalue weighted by Gasteiger charge is -2.04. The third kappa shape index (κ3) is 13.7. The molecule has 1 aromatic heterocycles. The number of H-pyrrole nitrogens is 1. The Morgan fingerprint density at radius 3 is 2.31 bits per heavy atom. The third-order valence-electron chi connectivity index (χ3n) is 4.69. The topological polar surface area (TPSA) is 57.8 Å². The number of carbonyl (C=O) groups excluding carboxylic acids is 1. The molecule has 148 valence electrons. The summed E-state index contributed by atoms with van der Waals surface area (Å²) in [5.41, 5.74) is 1.07. The van der Waals surface area contributed by atoms with Gasteiger partial charge in [0.05, 0.1) is 6.33 Å². The van der Waals surface area contributed by atoms with Gasteiger partial charge >= 0.3 is 0 Å². The van der Waals surface area contributed by atoms with Gasteiger partial charge in [-0.15, -0.1) is 0 Å². The van der Waals surface area contributed by atoms with Crippen molar-refractivity contribution >= 4 is 5.91 Å². The maximum absolute atomic E-state index is 11.7. The van der Waals surface area contributed by atoms with Gasteiger partial charge in [-0.3, -0.25) is 4.79 Å². The Morgan fingerprint density at radius 2 is 1.65 bits per heavy atom. The van der Waals surface area contributed by atoms with Crippen LogP contribution in [0.2, 0.25) is 0 Å². The van der Waals surface area contributed by atoms with E-state index in [1.807, 2.05) is 0 Å². The Bertz CT molecular complexity index is 454. The van der Waals surface area contributed by atoms with Crippen LogP contribution in [0.15, 0.2) is 24.7 Å². The van der Waals surface area contributed by atoms with Crippen molar-refractivity contribution in [1.29, 1.82) is 0 Å². The smallest absolute Gasteiger partial charge is 0.220 e. The van der Waals surface area contributed by atoms with Crippen molar-refractivity contribution in [2.75, 3.05) is 6.54 Å². The molecular formula is C22H39N3O. The number of aromatic nitrogens is 2. The largest absolute Gasteiger partial charge is 0.356 e. The van der Waals surface area contributed by atoms with Crippen molar-refractivity contribution in [2.24, 2.45) is 0 Å². The molecule has 0 saturated carbocycles. The number of rotatable bonds is 17. The minimum atomic E-state index is 0.173. The molecule has 0 spiro atoms. The molecule has 4 heteroatoms. The SMILES string of the molecule is CCCCCCC/C=C\CCCCCCCC(=O)NCCc1cnc[nH]1. The predicted molar refractivity (Wildman–Crippen MR) is 110 cm³/mol. The fourth-order valence-corrected chi connectivity index (χ4v) is 3.03. The molecule has 1 rings (SSSR count). The highest BCUT2D eigenvalue weighted by atomic mass is 16.1. The van der Waals surface area contributed by atoms with Crippen LogP contribution < -0.4 is 5.32 Å². The Labute approximate surface area is 160 Å². The summed E-state index contributed by atoms with van der Waals surface area (Å²) in [6.07, 6.45) is 24.9. The van der Waals surface area contributed by atoms with Crippen LogP contribution in [-0.2, 0) is 11.2 Å². The van der Waals surface area contributed by atoms with Crippen molar-refractivity contribution in [1.82, 2.24) is 15.3 Å². The van der Waals surface area contributed by atoms with E-state index in [-0.39, 0.29) is 5.91 Å². The first-order valence-corrected chi connectivity index (χ1v) is 10.7. The molecule has 0 atom stereocenters. The molecule has 2 N–H and O–H groups in total. The third-order valence-corrected chi connectivity index (χ3v) is 4.69. The number of imidazole rings is 1. The zero-order valence-corrected chi connectivity index (χ0v) is 16.8. The number of allylic oxidation sites excluding steroid dienone is 2. The lowest BCUT2D eigenvalue weighted by molar-refractivity contribution is -0.121. The molecular weight excluding hydrogens is 322 g/mol. The number of hydrogen-bond donors (Lipinski definition) is 2. The zero-order valence-electron chi connectivity index (χ0n) is 16.8. The van der Waals surface area contributed by atoms with Crippen LogP contribution in [0.5, 0.6) is 0 Å². The van der Waals surface area contributed by atoms with E-state index in [4.69, 9.17) is 0 Å². The average Bonchev–Trinajstić information content (AvgIpc) is 3.15. The van der Waals surface area contributed by atoms with Gasteiger partial charge < -0.3 is 10.3 Å². The zero-order chi connectivity index (χ0) is 18.7. The number of aromatic amines is 1. The summed E-state index contributed by atoms with van der Waals surface area (Å²) in [4.78, 5) is 18.8. The summed E-state index contributed by atoms with van der Waals surface area (Å²) in [6, 6.07) is 0. The second kappa shape index (κ2) is 16.9. The Morgan fingerprint density at radius 1 is 1.00 bits per heavy atom. The Kier molecular flexibility index (Phi) is 14.6. The molecule has 0 fully saturated rings. The normalized spacial score (nSPS) is 11.3. The van der Waals surface area contributed by atoms with Crippen molar-refractivity contribution in [3.8, 4) is 0 Å². The van der Waals surface area contributed by atoms with Crippen molar-refractivity contribution < 1.29 is 4.79 Å². The molecule has 1 amide bonds. The van der Waals surface area contributed by atoms with Crippen molar-refractivity contribution in [3.63, 3.8) is 0 Å². The van der Waals surface area contributed by atoms with Crippen molar-refractivity contribution in [2.45, 2.75) is 96.8 Å². The molecule has 0 unspecified atom stereocenters. The molecule has 0 aliphatic heterocycles. The second-order valence-corrected chi connectivity index (χ2v) is 7.16. The van der Waals surface area contributed by atoms with E-state index in [0.717, 1.165) is 25.0 Å². The van der Waals surface area contributed by atoms with Gasteiger partial charge in [-0.2, -0.15) is 0 Å². The Balaban J connectivity index is 1.79. The van der Waals surface area contributed by atoms with Crippen LogP contribution in [0.3, 0.4) is 0 Å². The van der Waals surface area contributed by atoms with E-state index in [1.54, 1.807) is 12.5 Å². The van der Waals surface area contributed by atoms with Gasteiger partial charge in [-0.05, 0) is 32.1 Å². The van der Waals surface area contributed by atoms with Gasteiger partial charge in [0.1, 0.15) is 0 Å². The molecule has 0 aromatic carbocycles. The predicted octanol–water partition coefficient (Wildman–Crippen LogP) is 5.72. The van der Waals surface area contributed by atoms with E-state index in [2.05, 4.69) is 34.4 Å². The highest BCUT2D eigenvalue weighted by Crippen LogP contribution is 2.09. The maximum atomic E-state index is 11.7. The minimum absolute atomic E-state index is 0.173. The maximum Gasteiger partial charge on any atom is 0.220 e. The average molecular weight is 362 g/mol. The summed E-state index contributed by atoms with van der Waals surface area (Å²) >= 11 is 0. The van der Waals surface area contributed by atoms with Gasteiger partial charge in [0.15, 0.2) is 0 Å². The van der Waals surface area contributed by atoms with Gasteiger partial charge in [0.2, 0.25) is 5.91 Å². The molecule has 1 heterocycles. The highest BCUT2D eigenvalue weighted by molar-refractivity contribution is 5.75. The number of amides is 1. The van der Waals surface area contributed by atoms with Crippen LogP contribution in [0, 0.1) is 0 Å². The van der Waals surface area contributed by atoms with Gasteiger partial charge in [-0.1, -0.05) is 64.0 Å². The molecule has 0 aliphatic rings. The van der Waals surface area contributed by atoms with E-state index >= 15 is 0 Å². The van der Waals surface area contributed by atoms with Crippen LogP contribution in [0.4, 0.5) is 0 Å². The Hall–Kier alpha value is -1.58. The fraction of sp³-hybridized carbons (Fsp3) is 0.727. The lowest BCUT2D eigenvalue weighted by Crippen LogP contribution is -2.25. The van der Waals surface area contributed by atoms with E-state index < -0.39 is 0 Å². The molecule has 0 bridgehead atoms. The van der Waals surface area contributed by atoms with Gasteiger partial charge in [0.25, 0.3) is 0 Å². The number of nitrogens with zero attached hydrogens (tertiary/aromatic N) is 1. The molecule has 1 aromatic rings. The molecule has 0 radical (unpaired) electrons. The van der Waals surface area contributed by atoms with Crippen molar-refractivity contribution in [3.05, 3.63) is 30.4 Å². The summed E-state index contributed by atoms with van der Waals surface area (Å²) in [6.45, 7) is 2.95. The molecule has 4 nitrogen and oxygen atoms in total. The van der Waals surface area contributed by atoms with E-state index in [0.29, 0.717) is 13.0 Å². The number of nitrogens with one attached hydrogen (secondary N) is 2. The van der Waals surface area contributed by atoms with Gasteiger partial charge in [-0.25, -0.2) is 4.98 Å². The number of unbranched alkanes of at least 4 members (excludes halogenated alkanes) is 10. The van der Waals surface area contributed by atoms with E-state index in [9.17, 15) is 4.79 Å². The molecule has 0 aliphatic carbocycles. The quantitative estimate of drug-likeness (QED) is 0.275. The second-order valence-electron chi connectivity index (χ2n) is 7.16.